The number of halogens is 3. The lowest BCUT2D eigenvalue weighted by Crippen LogP contribution is -2.26. The van der Waals surface area contributed by atoms with Crippen LogP contribution < -0.4 is 0 Å². The molecule has 0 bridgehead atoms. The van der Waals surface area contributed by atoms with E-state index in [9.17, 15) is 25.8 Å². The van der Waals surface area contributed by atoms with E-state index >= 15 is 0 Å². The fourth-order valence-corrected chi connectivity index (χ4v) is 0.728. The first-order chi connectivity index (χ1) is 4.19. The SMILES string of the molecule is O=S(O)S(=O)(=O)C(F)(F)F. The Kier molecular flexibility index (Phi) is 2.44. The van der Waals surface area contributed by atoms with Gasteiger partial charge >= 0.3 is 14.4 Å². The van der Waals surface area contributed by atoms with E-state index < -0.39 is 24.5 Å². The van der Waals surface area contributed by atoms with Crippen molar-refractivity contribution in [2.24, 2.45) is 0 Å². The molecule has 10 heavy (non-hydrogen) atoms. The zero-order valence-electron chi connectivity index (χ0n) is 4.12. The molecule has 0 radical (unpaired) electrons. The van der Waals surface area contributed by atoms with E-state index in [1.54, 1.807) is 0 Å². The van der Waals surface area contributed by atoms with Crippen LogP contribution >= 0.6 is 0 Å². The molecule has 0 aliphatic carbocycles. The Morgan fingerprint density at radius 1 is 1.30 bits per heavy atom. The first kappa shape index (κ1) is 9.85. The first-order valence-corrected chi connectivity index (χ1v) is 4.73. The van der Waals surface area contributed by atoms with Crippen molar-refractivity contribution in [1.29, 1.82) is 0 Å². The summed E-state index contributed by atoms with van der Waals surface area (Å²) in [7, 11) is -9.78. The molecule has 0 aromatic carbocycles. The van der Waals surface area contributed by atoms with E-state index in [0.717, 1.165) is 0 Å². The predicted octanol–water partition coefficient (Wildman–Crippen LogP) is 0.0577. The molecule has 62 valence electrons. The first-order valence-electron chi connectivity index (χ1n) is 1.62. The predicted molar refractivity (Wildman–Crippen MR) is 25.7 cm³/mol. The summed E-state index contributed by atoms with van der Waals surface area (Å²) >= 11 is 0. The lowest BCUT2D eigenvalue weighted by Gasteiger charge is -2.01. The van der Waals surface area contributed by atoms with Gasteiger partial charge in [0.25, 0.3) is 10.1 Å². The number of rotatable bonds is 1. The van der Waals surface area contributed by atoms with Crippen molar-refractivity contribution in [1.82, 2.24) is 0 Å². The van der Waals surface area contributed by atoms with E-state index in [-0.39, 0.29) is 0 Å². The highest BCUT2D eigenvalue weighted by atomic mass is 33.2. The summed E-state index contributed by atoms with van der Waals surface area (Å²) in [5, 5.41) is 0. The second-order valence-corrected chi connectivity index (χ2v) is 5.09. The van der Waals surface area contributed by atoms with Crippen LogP contribution in [-0.4, -0.2) is 22.7 Å². The van der Waals surface area contributed by atoms with Gasteiger partial charge in [-0.3, -0.25) is 4.55 Å². The quantitative estimate of drug-likeness (QED) is 0.477. The molecule has 0 rings (SSSR count). The maximum Gasteiger partial charge on any atom is 0.511 e. The standard InChI is InChI=1S/CHF3O4S2/c2-1(3,4)10(7,8)9(5)6/h(H,5,6). The minimum atomic E-state index is -5.89. The van der Waals surface area contributed by atoms with Gasteiger partial charge in [-0.2, -0.15) is 13.2 Å². The number of hydrogen-bond donors (Lipinski definition) is 1. The summed E-state index contributed by atoms with van der Waals surface area (Å²) in [6.07, 6.45) is 0. The van der Waals surface area contributed by atoms with Crippen molar-refractivity contribution in [2.75, 3.05) is 0 Å². The van der Waals surface area contributed by atoms with Crippen LogP contribution in [0.1, 0.15) is 0 Å². The van der Waals surface area contributed by atoms with Gasteiger partial charge in [-0.1, -0.05) is 0 Å². The Balaban J connectivity index is 4.98. The Bertz CT molecular complexity index is 236. The Morgan fingerprint density at radius 3 is 1.60 bits per heavy atom. The molecule has 1 atom stereocenters. The van der Waals surface area contributed by atoms with Crippen molar-refractivity contribution >= 4 is 19.0 Å². The molecule has 1 unspecified atom stereocenters. The summed E-state index contributed by atoms with van der Waals surface area (Å²) in [6, 6.07) is 0. The van der Waals surface area contributed by atoms with Crippen molar-refractivity contribution in [2.45, 2.75) is 5.51 Å². The Labute approximate surface area is 55.6 Å². The molecule has 0 heterocycles. The van der Waals surface area contributed by atoms with Crippen LogP contribution in [0.15, 0.2) is 0 Å². The fourth-order valence-electron chi connectivity index (χ4n) is 0.0808. The molecule has 0 aromatic rings. The highest BCUT2D eigenvalue weighted by Crippen LogP contribution is 2.25. The van der Waals surface area contributed by atoms with Crippen LogP contribution in [0, 0.1) is 0 Å². The second-order valence-electron chi connectivity index (χ2n) is 1.12. The highest BCUT2D eigenvalue weighted by Gasteiger charge is 2.50. The topological polar surface area (TPSA) is 71.4 Å². The van der Waals surface area contributed by atoms with E-state index in [0.29, 0.717) is 0 Å². The fraction of sp³-hybridized carbons (Fsp3) is 1.00. The smallest absolute Gasteiger partial charge is 0.294 e. The molecule has 0 aliphatic heterocycles. The summed E-state index contributed by atoms with van der Waals surface area (Å²) < 4.78 is 69.8. The summed E-state index contributed by atoms with van der Waals surface area (Å²) in [5.41, 5.74) is -5.66. The van der Waals surface area contributed by atoms with Gasteiger partial charge in [-0.15, -0.1) is 0 Å². The lowest BCUT2D eigenvalue weighted by molar-refractivity contribution is -0.0412. The van der Waals surface area contributed by atoms with Crippen molar-refractivity contribution in [3.05, 3.63) is 0 Å². The Morgan fingerprint density at radius 2 is 1.60 bits per heavy atom. The maximum atomic E-state index is 11.1. The van der Waals surface area contributed by atoms with Crippen LogP contribution in [0.25, 0.3) is 0 Å². The minimum Gasteiger partial charge on any atom is -0.294 e. The van der Waals surface area contributed by atoms with Crippen LogP contribution in [-0.2, 0) is 19.0 Å². The molecule has 0 aliphatic rings. The number of hydrogen-bond acceptors (Lipinski definition) is 3. The van der Waals surface area contributed by atoms with Gasteiger partial charge in [0.1, 0.15) is 0 Å². The number of alkyl halides is 3. The largest absolute Gasteiger partial charge is 0.511 e. The Hall–Kier alpha value is -0.150. The molecule has 0 aromatic heterocycles. The van der Waals surface area contributed by atoms with Gasteiger partial charge in [0, 0.05) is 0 Å². The van der Waals surface area contributed by atoms with Gasteiger partial charge in [0.2, 0.25) is 0 Å². The molecule has 4 nitrogen and oxygen atoms in total. The zero-order chi connectivity index (χ0) is 8.58. The van der Waals surface area contributed by atoms with Crippen LogP contribution in [0.2, 0.25) is 0 Å². The summed E-state index contributed by atoms with van der Waals surface area (Å²) in [6.45, 7) is 0. The summed E-state index contributed by atoms with van der Waals surface area (Å²) in [4.78, 5) is 0. The van der Waals surface area contributed by atoms with Gasteiger partial charge < -0.3 is 0 Å². The molecule has 0 amide bonds. The molecule has 0 saturated carbocycles. The third-order valence-corrected chi connectivity index (χ3v) is 3.11. The van der Waals surface area contributed by atoms with Gasteiger partial charge in [-0.25, -0.2) is 12.6 Å². The van der Waals surface area contributed by atoms with E-state index in [4.69, 9.17) is 4.55 Å². The molecule has 0 saturated heterocycles. The zero-order valence-corrected chi connectivity index (χ0v) is 5.76. The molecule has 1 N–H and O–H groups in total. The third-order valence-electron chi connectivity index (χ3n) is 0.471. The summed E-state index contributed by atoms with van der Waals surface area (Å²) in [5.74, 6) is 0. The van der Waals surface area contributed by atoms with Gasteiger partial charge in [0.05, 0.1) is 0 Å². The van der Waals surface area contributed by atoms with Crippen LogP contribution in [0.3, 0.4) is 0 Å². The monoisotopic (exact) mass is 198 g/mol. The molecule has 0 fully saturated rings. The van der Waals surface area contributed by atoms with Crippen LogP contribution in [0.5, 0.6) is 0 Å². The minimum absolute atomic E-state index is 3.90. The lowest BCUT2D eigenvalue weighted by atomic mass is 11.6. The van der Waals surface area contributed by atoms with Gasteiger partial charge in [-0.05, 0) is 0 Å². The van der Waals surface area contributed by atoms with E-state index in [1.165, 1.54) is 0 Å². The molecular weight excluding hydrogens is 197 g/mol. The van der Waals surface area contributed by atoms with E-state index in [1.807, 2.05) is 0 Å². The van der Waals surface area contributed by atoms with Crippen molar-refractivity contribution in [3.8, 4) is 0 Å². The highest BCUT2D eigenvalue weighted by molar-refractivity contribution is 8.62. The second kappa shape index (κ2) is 2.47. The molecule has 0 spiro atoms. The third kappa shape index (κ3) is 1.67. The van der Waals surface area contributed by atoms with Crippen molar-refractivity contribution in [3.63, 3.8) is 0 Å². The van der Waals surface area contributed by atoms with E-state index in [2.05, 4.69) is 0 Å². The maximum absolute atomic E-state index is 11.1. The molecule has 9 heteroatoms. The van der Waals surface area contributed by atoms with Crippen molar-refractivity contribution < 1.29 is 30.4 Å². The average Bonchev–Trinajstić information content (AvgIpc) is 1.62. The van der Waals surface area contributed by atoms with Crippen LogP contribution in [0.4, 0.5) is 13.2 Å². The molecular formula is CHF3O4S2. The normalized spacial score (nSPS) is 16.8. The average molecular weight is 198 g/mol. The van der Waals surface area contributed by atoms with Gasteiger partial charge in [0.15, 0.2) is 0 Å².